The molecule has 0 bridgehead atoms. The van der Waals surface area contributed by atoms with Crippen LogP contribution in [0.3, 0.4) is 0 Å². The molecule has 0 spiro atoms. The minimum Gasteiger partial charge on any atom is -0.508 e. The number of aromatic hydroxyl groups is 2. The quantitative estimate of drug-likeness (QED) is 0.303. The summed E-state index contributed by atoms with van der Waals surface area (Å²) in [5.41, 5.74) is 15.1. The zero-order valence-corrected chi connectivity index (χ0v) is 14.2. The van der Waals surface area contributed by atoms with E-state index in [0.717, 1.165) is 24.2 Å². The van der Waals surface area contributed by atoms with Gasteiger partial charge in [0.2, 0.25) is 0 Å². The van der Waals surface area contributed by atoms with Crippen LogP contribution in [-0.2, 0) is 13.1 Å². The fourth-order valence-electron chi connectivity index (χ4n) is 2.55. The maximum Gasteiger partial charge on any atom is 0.138 e. The molecule has 0 aliphatic carbocycles. The number of nitrogen functional groups attached to an aromatic ring is 2. The van der Waals surface area contributed by atoms with Crippen molar-refractivity contribution in [1.29, 1.82) is 0 Å². The number of benzene rings is 2. The first-order valence-electron chi connectivity index (χ1n) is 8.09. The Kier molecular flexibility index (Phi) is 5.76. The first kappa shape index (κ1) is 17.7. The van der Waals surface area contributed by atoms with Crippen molar-refractivity contribution in [1.82, 2.24) is 4.90 Å². The SMILES string of the molecule is CCN(CC)Cc1cc(N)c(CNc2cc(N)ccc2O)cc1O. The van der Waals surface area contributed by atoms with Gasteiger partial charge in [0.25, 0.3) is 0 Å². The van der Waals surface area contributed by atoms with E-state index in [1.54, 1.807) is 18.2 Å². The summed E-state index contributed by atoms with van der Waals surface area (Å²) < 4.78 is 0. The number of hydrogen-bond donors (Lipinski definition) is 5. The van der Waals surface area contributed by atoms with Crippen molar-refractivity contribution >= 4 is 17.1 Å². The fourth-order valence-corrected chi connectivity index (χ4v) is 2.55. The Morgan fingerprint density at radius 3 is 2.33 bits per heavy atom. The fraction of sp³-hybridized carbons (Fsp3) is 0.333. The first-order valence-corrected chi connectivity index (χ1v) is 8.09. The molecule has 0 fully saturated rings. The molecule has 0 saturated carbocycles. The van der Waals surface area contributed by atoms with E-state index in [1.807, 2.05) is 6.07 Å². The van der Waals surface area contributed by atoms with Gasteiger partial charge in [-0.05, 0) is 49.0 Å². The second-order valence-corrected chi connectivity index (χ2v) is 5.77. The maximum atomic E-state index is 10.3. The summed E-state index contributed by atoms with van der Waals surface area (Å²) in [6.45, 7) is 7.02. The second-order valence-electron chi connectivity index (χ2n) is 5.77. The van der Waals surface area contributed by atoms with Crippen LogP contribution >= 0.6 is 0 Å². The number of anilines is 3. The molecular formula is C18H26N4O2. The molecule has 0 heterocycles. The minimum atomic E-state index is 0.116. The molecule has 0 aliphatic rings. The zero-order chi connectivity index (χ0) is 17.7. The second kappa shape index (κ2) is 7.79. The maximum absolute atomic E-state index is 10.3. The topological polar surface area (TPSA) is 108 Å². The summed E-state index contributed by atoms with van der Waals surface area (Å²) in [5, 5.41) is 23.2. The molecule has 24 heavy (non-hydrogen) atoms. The molecule has 2 aromatic rings. The molecule has 0 aliphatic heterocycles. The van der Waals surface area contributed by atoms with Gasteiger partial charge in [-0.15, -0.1) is 0 Å². The summed E-state index contributed by atoms with van der Waals surface area (Å²) in [7, 11) is 0. The average molecular weight is 330 g/mol. The van der Waals surface area contributed by atoms with Crippen LogP contribution in [0.2, 0.25) is 0 Å². The lowest BCUT2D eigenvalue weighted by atomic mass is 10.1. The number of rotatable bonds is 7. The van der Waals surface area contributed by atoms with E-state index in [4.69, 9.17) is 11.5 Å². The lowest BCUT2D eigenvalue weighted by Gasteiger charge is -2.20. The highest BCUT2D eigenvalue weighted by atomic mass is 16.3. The summed E-state index contributed by atoms with van der Waals surface area (Å²) in [4.78, 5) is 2.21. The van der Waals surface area contributed by atoms with Gasteiger partial charge in [0, 0.05) is 30.0 Å². The Morgan fingerprint density at radius 1 is 0.958 bits per heavy atom. The van der Waals surface area contributed by atoms with Crippen LogP contribution in [0.1, 0.15) is 25.0 Å². The van der Waals surface area contributed by atoms with E-state index in [2.05, 4.69) is 24.1 Å². The molecule has 0 amide bonds. The molecule has 6 nitrogen and oxygen atoms in total. The Labute approximate surface area is 142 Å². The van der Waals surface area contributed by atoms with Gasteiger partial charge >= 0.3 is 0 Å². The third-order valence-electron chi connectivity index (χ3n) is 4.12. The van der Waals surface area contributed by atoms with Crippen molar-refractivity contribution in [2.75, 3.05) is 29.9 Å². The van der Waals surface area contributed by atoms with Crippen molar-refractivity contribution in [2.45, 2.75) is 26.9 Å². The van der Waals surface area contributed by atoms with E-state index < -0.39 is 0 Å². The minimum absolute atomic E-state index is 0.116. The van der Waals surface area contributed by atoms with Crippen molar-refractivity contribution < 1.29 is 10.2 Å². The van der Waals surface area contributed by atoms with Gasteiger partial charge in [-0.3, -0.25) is 4.90 Å². The van der Waals surface area contributed by atoms with E-state index in [9.17, 15) is 10.2 Å². The van der Waals surface area contributed by atoms with Crippen LogP contribution in [0.25, 0.3) is 0 Å². The Balaban J connectivity index is 2.14. The smallest absolute Gasteiger partial charge is 0.138 e. The summed E-state index contributed by atoms with van der Waals surface area (Å²) in [6.07, 6.45) is 0. The van der Waals surface area contributed by atoms with Crippen LogP contribution in [0.4, 0.5) is 17.1 Å². The molecule has 0 radical (unpaired) electrons. The molecule has 130 valence electrons. The third-order valence-corrected chi connectivity index (χ3v) is 4.12. The highest BCUT2D eigenvalue weighted by Gasteiger charge is 2.11. The van der Waals surface area contributed by atoms with E-state index >= 15 is 0 Å². The molecule has 6 heteroatoms. The van der Waals surface area contributed by atoms with Crippen LogP contribution in [0, 0.1) is 0 Å². The zero-order valence-electron chi connectivity index (χ0n) is 14.2. The molecule has 2 rings (SSSR count). The lowest BCUT2D eigenvalue weighted by Crippen LogP contribution is -2.22. The summed E-state index contributed by atoms with van der Waals surface area (Å²) in [5.74, 6) is 0.342. The average Bonchev–Trinajstić information content (AvgIpc) is 2.56. The number of phenols is 2. The number of nitrogens with two attached hydrogens (primary N) is 2. The third kappa shape index (κ3) is 4.23. The van der Waals surface area contributed by atoms with E-state index in [-0.39, 0.29) is 11.5 Å². The van der Waals surface area contributed by atoms with E-state index in [0.29, 0.717) is 30.2 Å². The predicted molar refractivity (Wildman–Crippen MR) is 99.0 cm³/mol. The molecule has 0 saturated heterocycles. The summed E-state index contributed by atoms with van der Waals surface area (Å²) >= 11 is 0. The van der Waals surface area contributed by atoms with Gasteiger partial charge in [0.1, 0.15) is 11.5 Å². The molecular weight excluding hydrogens is 304 g/mol. The Hall–Kier alpha value is -2.60. The van der Waals surface area contributed by atoms with Crippen molar-refractivity contribution in [2.24, 2.45) is 0 Å². The predicted octanol–water partition coefficient (Wildman–Crippen LogP) is 2.72. The van der Waals surface area contributed by atoms with Gasteiger partial charge in [-0.25, -0.2) is 0 Å². The standard InChI is InChI=1S/C18H26N4O2/c1-3-22(4-2)11-13-7-15(20)12(8-18(13)24)10-21-16-9-14(19)5-6-17(16)23/h5-9,21,23-24H,3-4,10-11,19-20H2,1-2H3. The van der Waals surface area contributed by atoms with Gasteiger partial charge in [-0.1, -0.05) is 13.8 Å². The monoisotopic (exact) mass is 330 g/mol. The van der Waals surface area contributed by atoms with Crippen LogP contribution in [0.5, 0.6) is 11.5 Å². The van der Waals surface area contributed by atoms with E-state index in [1.165, 1.54) is 6.07 Å². The summed E-state index contributed by atoms with van der Waals surface area (Å²) in [6, 6.07) is 8.29. The normalized spacial score (nSPS) is 11.0. The molecule has 7 N–H and O–H groups in total. The molecule has 0 atom stereocenters. The van der Waals surface area contributed by atoms with Crippen LogP contribution in [0.15, 0.2) is 30.3 Å². The highest BCUT2D eigenvalue weighted by molar-refractivity contribution is 5.64. The van der Waals surface area contributed by atoms with Gasteiger partial charge in [0.05, 0.1) is 5.69 Å². The van der Waals surface area contributed by atoms with Crippen molar-refractivity contribution in [3.63, 3.8) is 0 Å². The van der Waals surface area contributed by atoms with Crippen molar-refractivity contribution in [3.05, 3.63) is 41.5 Å². The number of phenolic OH excluding ortho intramolecular Hbond substituents is 2. The number of hydrogen-bond acceptors (Lipinski definition) is 6. The molecule has 2 aromatic carbocycles. The first-order chi connectivity index (χ1) is 11.4. The van der Waals surface area contributed by atoms with Gasteiger partial charge < -0.3 is 27.0 Å². The molecule has 0 aromatic heterocycles. The Morgan fingerprint density at radius 2 is 1.67 bits per heavy atom. The molecule has 0 unspecified atom stereocenters. The van der Waals surface area contributed by atoms with Gasteiger partial charge in [-0.2, -0.15) is 0 Å². The number of nitrogens with one attached hydrogen (secondary N) is 1. The largest absolute Gasteiger partial charge is 0.508 e. The Bertz CT molecular complexity index is 700. The number of nitrogens with zero attached hydrogens (tertiary/aromatic N) is 1. The van der Waals surface area contributed by atoms with Gasteiger partial charge in [0.15, 0.2) is 0 Å². The highest BCUT2D eigenvalue weighted by Crippen LogP contribution is 2.29. The van der Waals surface area contributed by atoms with Crippen LogP contribution < -0.4 is 16.8 Å². The van der Waals surface area contributed by atoms with Crippen molar-refractivity contribution in [3.8, 4) is 11.5 Å². The van der Waals surface area contributed by atoms with Crippen LogP contribution in [-0.4, -0.2) is 28.2 Å². The lowest BCUT2D eigenvalue weighted by molar-refractivity contribution is 0.291.